The first kappa shape index (κ1) is 15.1. The number of carboxylic acids is 1. The lowest BCUT2D eigenvalue weighted by Crippen LogP contribution is -2.31. The van der Waals surface area contributed by atoms with Crippen molar-refractivity contribution in [3.63, 3.8) is 0 Å². The second-order valence-electron chi connectivity index (χ2n) is 4.82. The van der Waals surface area contributed by atoms with Crippen molar-refractivity contribution in [2.75, 3.05) is 19.9 Å². The average Bonchev–Trinajstić information content (AvgIpc) is 2.93. The second kappa shape index (κ2) is 6.95. The topological polar surface area (TPSA) is 82.8 Å². The summed E-state index contributed by atoms with van der Waals surface area (Å²) in [7, 11) is 0. The van der Waals surface area contributed by atoms with Crippen LogP contribution in [-0.2, 0) is 4.79 Å². The third kappa shape index (κ3) is 3.64. The van der Waals surface area contributed by atoms with E-state index in [0.717, 1.165) is 12.0 Å². The Hall–Kier alpha value is -2.26. The predicted molar refractivity (Wildman–Crippen MR) is 75.0 cm³/mol. The molecule has 0 fully saturated rings. The first-order chi connectivity index (χ1) is 10.2. The highest BCUT2D eigenvalue weighted by Gasteiger charge is 2.23. The third-order valence-electron chi connectivity index (χ3n) is 3.32. The van der Waals surface area contributed by atoms with Gasteiger partial charge in [-0.3, -0.25) is 9.69 Å². The number of benzene rings is 1. The molecule has 0 aromatic heterocycles. The van der Waals surface area contributed by atoms with Gasteiger partial charge in [-0.15, -0.1) is 0 Å². The van der Waals surface area contributed by atoms with E-state index in [4.69, 9.17) is 14.6 Å². The minimum Gasteiger partial charge on any atom is -0.481 e. The van der Waals surface area contributed by atoms with Gasteiger partial charge in [0.2, 0.25) is 6.79 Å². The van der Waals surface area contributed by atoms with Crippen LogP contribution >= 0.6 is 0 Å². The van der Waals surface area contributed by atoms with Gasteiger partial charge in [-0.2, -0.15) is 5.26 Å². The largest absolute Gasteiger partial charge is 0.481 e. The maximum atomic E-state index is 10.8. The highest BCUT2D eigenvalue weighted by Crippen LogP contribution is 2.35. The lowest BCUT2D eigenvalue weighted by Gasteiger charge is -2.26. The zero-order valence-electron chi connectivity index (χ0n) is 11.9. The molecular formula is C15H18N2O4. The standard InChI is InChI=1S/C15H18N2O4/c1-2-6-17(7-5-15(18)19)12(9-16)11-3-4-13-14(8-11)21-10-20-13/h3-4,8,12H,2,5-7,10H2,1H3,(H,18,19). The van der Waals surface area contributed by atoms with Crippen LogP contribution in [0.4, 0.5) is 0 Å². The van der Waals surface area contributed by atoms with E-state index in [9.17, 15) is 10.1 Å². The molecule has 0 amide bonds. The smallest absolute Gasteiger partial charge is 0.304 e. The van der Waals surface area contributed by atoms with E-state index >= 15 is 0 Å². The van der Waals surface area contributed by atoms with Gasteiger partial charge in [-0.1, -0.05) is 13.0 Å². The Bertz CT molecular complexity index is 553. The highest BCUT2D eigenvalue weighted by atomic mass is 16.7. The summed E-state index contributed by atoms with van der Waals surface area (Å²) in [6.45, 7) is 3.20. The molecule has 6 nitrogen and oxygen atoms in total. The molecule has 1 heterocycles. The second-order valence-corrected chi connectivity index (χ2v) is 4.82. The number of aliphatic carboxylic acids is 1. The maximum absolute atomic E-state index is 10.8. The Morgan fingerprint density at radius 1 is 1.43 bits per heavy atom. The number of hydrogen-bond acceptors (Lipinski definition) is 5. The van der Waals surface area contributed by atoms with Crippen LogP contribution in [0.25, 0.3) is 0 Å². The summed E-state index contributed by atoms with van der Waals surface area (Å²) in [5, 5.41) is 18.3. The van der Waals surface area contributed by atoms with Crippen LogP contribution in [0.15, 0.2) is 18.2 Å². The van der Waals surface area contributed by atoms with Crippen molar-refractivity contribution in [3.8, 4) is 17.6 Å². The Labute approximate surface area is 123 Å². The number of hydrogen-bond donors (Lipinski definition) is 1. The average molecular weight is 290 g/mol. The van der Waals surface area contributed by atoms with Crippen LogP contribution < -0.4 is 9.47 Å². The van der Waals surface area contributed by atoms with Crippen LogP contribution in [0.1, 0.15) is 31.4 Å². The van der Waals surface area contributed by atoms with Crippen molar-refractivity contribution in [3.05, 3.63) is 23.8 Å². The van der Waals surface area contributed by atoms with Crippen LogP contribution in [0, 0.1) is 11.3 Å². The van der Waals surface area contributed by atoms with Crippen LogP contribution in [0.3, 0.4) is 0 Å². The quantitative estimate of drug-likeness (QED) is 0.828. The van der Waals surface area contributed by atoms with Gasteiger partial charge in [0.25, 0.3) is 0 Å². The molecule has 0 saturated heterocycles. The molecule has 1 atom stereocenters. The number of carbonyl (C=O) groups is 1. The summed E-state index contributed by atoms with van der Waals surface area (Å²) in [6.07, 6.45) is 0.866. The number of nitrogens with zero attached hydrogens (tertiary/aromatic N) is 2. The fourth-order valence-electron chi connectivity index (χ4n) is 2.35. The van der Waals surface area contributed by atoms with Gasteiger partial charge in [0.1, 0.15) is 6.04 Å². The minimum atomic E-state index is -0.863. The van der Waals surface area contributed by atoms with Crippen LogP contribution in [0.5, 0.6) is 11.5 Å². The molecule has 1 aliphatic heterocycles. The monoisotopic (exact) mass is 290 g/mol. The van der Waals surface area contributed by atoms with E-state index in [0.29, 0.717) is 24.6 Å². The number of carboxylic acid groups (broad SMARTS) is 1. The van der Waals surface area contributed by atoms with E-state index in [1.165, 1.54) is 0 Å². The number of ether oxygens (including phenoxy) is 2. The van der Waals surface area contributed by atoms with Crippen molar-refractivity contribution >= 4 is 5.97 Å². The normalized spacial score (nSPS) is 14.0. The van der Waals surface area contributed by atoms with Gasteiger partial charge >= 0.3 is 5.97 Å². The van der Waals surface area contributed by atoms with Crippen molar-refractivity contribution in [1.29, 1.82) is 5.26 Å². The SMILES string of the molecule is CCCN(CCC(=O)O)C(C#N)c1ccc2c(c1)OCO2. The molecular weight excluding hydrogens is 272 g/mol. The molecule has 0 aliphatic carbocycles. The summed E-state index contributed by atoms with van der Waals surface area (Å²) >= 11 is 0. The zero-order chi connectivity index (χ0) is 15.2. The molecule has 1 unspecified atom stereocenters. The van der Waals surface area contributed by atoms with Crippen molar-refractivity contribution in [1.82, 2.24) is 4.90 Å². The van der Waals surface area contributed by atoms with Crippen LogP contribution in [0.2, 0.25) is 0 Å². The van der Waals surface area contributed by atoms with Gasteiger partial charge in [0, 0.05) is 6.54 Å². The Morgan fingerprint density at radius 2 is 2.19 bits per heavy atom. The third-order valence-corrected chi connectivity index (χ3v) is 3.32. The summed E-state index contributed by atoms with van der Waals surface area (Å²) in [4.78, 5) is 12.6. The van der Waals surface area contributed by atoms with Gasteiger partial charge in [0.05, 0.1) is 12.5 Å². The molecule has 0 saturated carbocycles. The summed E-state index contributed by atoms with van der Waals surface area (Å²) in [6, 6.07) is 7.16. The fraction of sp³-hybridized carbons (Fsp3) is 0.467. The number of rotatable bonds is 7. The van der Waals surface area contributed by atoms with E-state index in [2.05, 4.69) is 6.07 Å². The Kier molecular flexibility index (Phi) is 5.01. The molecule has 0 bridgehead atoms. The first-order valence-corrected chi connectivity index (χ1v) is 6.90. The van der Waals surface area contributed by atoms with Gasteiger partial charge in [-0.25, -0.2) is 0 Å². The molecule has 112 valence electrons. The van der Waals surface area contributed by atoms with Crippen LogP contribution in [-0.4, -0.2) is 35.9 Å². The molecule has 6 heteroatoms. The molecule has 2 rings (SSSR count). The maximum Gasteiger partial charge on any atom is 0.304 e. The van der Waals surface area contributed by atoms with Gasteiger partial charge < -0.3 is 14.6 Å². The van der Waals surface area contributed by atoms with Gasteiger partial charge in [0.15, 0.2) is 11.5 Å². The van der Waals surface area contributed by atoms with Gasteiger partial charge in [-0.05, 0) is 30.7 Å². The molecule has 1 N–H and O–H groups in total. The molecule has 1 aromatic carbocycles. The lowest BCUT2D eigenvalue weighted by atomic mass is 10.0. The van der Waals surface area contributed by atoms with Crippen molar-refractivity contribution < 1.29 is 19.4 Å². The molecule has 0 spiro atoms. The van der Waals surface area contributed by atoms with E-state index < -0.39 is 12.0 Å². The molecule has 21 heavy (non-hydrogen) atoms. The van der Waals surface area contributed by atoms with Crippen molar-refractivity contribution in [2.24, 2.45) is 0 Å². The lowest BCUT2D eigenvalue weighted by molar-refractivity contribution is -0.137. The fourth-order valence-corrected chi connectivity index (χ4v) is 2.35. The van der Waals surface area contributed by atoms with Crippen molar-refractivity contribution in [2.45, 2.75) is 25.8 Å². The summed E-state index contributed by atoms with van der Waals surface area (Å²) in [5.41, 5.74) is 0.792. The molecule has 1 aliphatic rings. The summed E-state index contributed by atoms with van der Waals surface area (Å²) in [5.74, 6) is 0.434. The summed E-state index contributed by atoms with van der Waals surface area (Å²) < 4.78 is 10.6. The Morgan fingerprint density at radius 3 is 2.86 bits per heavy atom. The van der Waals surface area contributed by atoms with E-state index in [1.807, 2.05) is 17.9 Å². The zero-order valence-corrected chi connectivity index (χ0v) is 11.9. The first-order valence-electron chi connectivity index (χ1n) is 6.90. The highest BCUT2D eigenvalue weighted by molar-refractivity contribution is 5.66. The molecule has 1 aromatic rings. The molecule has 0 radical (unpaired) electrons. The number of nitriles is 1. The minimum absolute atomic E-state index is 0.0166. The number of fused-ring (bicyclic) bond motifs is 1. The van der Waals surface area contributed by atoms with E-state index in [1.54, 1.807) is 12.1 Å². The van der Waals surface area contributed by atoms with E-state index in [-0.39, 0.29) is 13.2 Å². The Balaban J connectivity index is 2.19. The predicted octanol–water partition coefficient (Wildman–Crippen LogP) is 2.17.